The number of nitrogens with zero attached hydrogens (tertiary/aromatic N) is 1. The fourth-order valence-electron chi connectivity index (χ4n) is 1.65. The standard InChI is InChI=1S/C13H11F2N3O3/c14-8-1-2-9(15)10(7-8)16-11(19)3-5-18-6-4-12(20)17-13(18)21/h1-2,4,6-7H,3,5H2,(H,16,19)(H,17,20,21). The van der Waals surface area contributed by atoms with E-state index in [2.05, 4.69) is 5.32 Å². The molecule has 0 aliphatic carbocycles. The van der Waals surface area contributed by atoms with Gasteiger partial charge in [-0.3, -0.25) is 14.6 Å². The molecule has 21 heavy (non-hydrogen) atoms. The lowest BCUT2D eigenvalue weighted by Gasteiger charge is -2.07. The molecule has 6 nitrogen and oxygen atoms in total. The van der Waals surface area contributed by atoms with Crippen LogP contribution in [0.25, 0.3) is 0 Å². The van der Waals surface area contributed by atoms with E-state index in [9.17, 15) is 23.2 Å². The molecule has 0 aliphatic rings. The molecule has 110 valence electrons. The van der Waals surface area contributed by atoms with E-state index in [-0.39, 0.29) is 18.7 Å². The van der Waals surface area contributed by atoms with Crippen molar-refractivity contribution in [1.29, 1.82) is 0 Å². The van der Waals surface area contributed by atoms with Crippen molar-refractivity contribution < 1.29 is 13.6 Å². The minimum atomic E-state index is -0.758. The third kappa shape index (κ3) is 3.85. The van der Waals surface area contributed by atoms with Gasteiger partial charge in [-0.15, -0.1) is 0 Å². The number of hydrogen-bond acceptors (Lipinski definition) is 3. The second-order valence-corrected chi connectivity index (χ2v) is 4.23. The van der Waals surface area contributed by atoms with Crippen molar-refractivity contribution in [3.05, 3.63) is 62.9 Å². The van der Waals surface area contributed by atoms with Gasteiger partial charge < -0.3 is 9.88 Å². The predicted molar refractivity (Wildman–Crippen MR) is 70.9 cm³/mol. The van der Waals surface area contributed by atoms with Gasteiger partial charge in [0.05, 0.1) is 5.69 Å². The van der Waals surface area contributed by atoms with Crippen molar-refractivity contribution in [1.82, 2.24) is 9.55 Å². The van der Waals surface area contributed by atoms with Crippen LogP contribution in [0.2, 0.25) is 0 Å². The van der Waals surface area contributed by atoms with E-state index >= 15 is 0 Å². The van der Waals surface area contributed by atoms with Gasteiger partial charge in [-0.05, 0) is 12.1 Å². The molecule has 1 amide bonds. The summed E-state index contributed by atoms with van der Waals surface area (Å²) in [6, 6.07) is 3.84. The highest BCUT2D eigenvalue weighted by Crippen LogP contribution is 2.15. The van der Waals surface area contributed by atoms with Crippen LogP contribution in [-0.2, 0) is 11.3 Å². The Bertz CT molecular complexity index is 783. The summed E-state index contributed by atoms with van der Waals surface area (Å²) in [5, 5.41) is 2.21. The zero-order chi connectivity index (χ0) is 15.4. The van der Waals surface area contributed by atoms with E-state index in [4.69, 9.17) is 0 Å². The molecule has 0 unspecified atom stereocenters. The number of nitrogens with one attached hydrogen (secondary N) is 2. The smallest absolute Gasteiger partial charge is 0.323 e. The Morgan fingerprint density at radius 2 is 2.00 bits per heavy atom. The molecule has 0 saturated carbocycles. The highest BCUT2D eigenvalue weighted by Gasteiger charge is 2.08. The van der Waals surface area contributed by atoms with Gasteiger partial charge in [-0.25, -0.2) is 13.6 Å². The molecular weight excluding hydrogens is 284 g/mol. The molecule has 2 N–H and O–H groups in total. The number of anilines is 1. The molecule has 0 bridgehead atoms. The van der Waals surface area contributed by atoms with Crippen LogP contribution < -0.4 is 16.6 Å². The topological polar surface area (TPSA) is 84.0 Å². The number of carbonyl (C=O) groups is 1. The number of amides is 1. The maximum atomic E-state index is 13.3. The third-order valence-electron chi connectivity index (χ3n) is 2.68. The number of benzene rings is 1. The van der Waals surface area contributed by atoms with Crippen LogP contribution in [0.4, 0.5) is 14.5 Å². The molecule has 0 saturated heterocycles. The largest absolute Gasteiger partial charge is 0.328 e. The van der Waals surface area contributed by atoms with Crippen molar-refractivity contribution in [3.63, 3.8) is 0 Å². The van der Waals surface area contributed by atoms with Crippen LogP contribution in [0.1, 0.15) is 6.42 Å². The van der Waals surface area contributed by atoms with Gasteiger partial charge in [0.2, 0.25) is 5.91 Å². The molecule has 1 aromatic heterocycles. The van der Waals surface area contributed by atoms with E-state index in [1.54, 1.807) is 0 Å². The molecule has 0 aliphatic heterocycles. The summed E-state index contributed by atoms with van der Waals surface area (Å²) < 4.78 is 27.4. The number of rotatable bonds is 4. The Morgan fingerprint density at radius 1 is 1.24 bits per heavy atom. The summed E-state index contributed by atoms with van der Waals surface area (Å²) in [4.78, 5) is 35.9. The Morgan fingerprint density at radius 3 is 2.71 bits per heavy atom. The summed E-state index contributed by atoms with van der Waals surface area (Å²) in [6.45, 7) is -0.00161. The summed E-state index contributed by atoms with van der Waals surface area (Å²) in [5.41, 5.74) is -1.46. The zero-order valence-corrected chi connectivity index (χ0v) is 10.7. The molecule has 8 heteroatoms. The number of aryl methyl sites for hydroxylation is 1. The highest BCUT2D eigenvalue weighted by atomic mass is 19.1. The van der Waals surface area contributed by atoms with Gasteiger partial charge in [-0.2, -0.15) is 0 Å². The first-order valence-corrected chi connectivity index (χ1v) is 6.00. The minimum absolute atomic E-state index is 0.00161. The Labute approximate surface area is 117 Å². The lowest BCUT2D eigenvalue weighted by molar-refractivity contribution is -0.116. The van der Waals surface area contributed by atoms with Crippen LogP contribution in [0.15, 0.2) is 40.1 Å². The summed E-state index contributed by atoms with van der Waals surface area (Å²) in [7, 11) is 0. The molecule has 0 radical (unpaired) electrons. The lowest BCUT2D eigenvalue weighted by Crippen LogP contribution is -2.29. The maximum Gasteiger partial charge on any atom is 0.328 e. The molecular formula is C13H11F2N3O3. The van der Waals surface area contributed by atoms with Crippen LogP contribution in [-0.4, -0.2) is 15.5 Å². The van der Waals surface area contributed by atoms with Crippen molar-refractivity contribution in [3.8, 4) is 0 Å². The van der Waals surface area contributed by atoms with Crippen LogP contribution >= 0.6 is 0 Å². The van der Waals surface area contributed by atoms with Crippen molar-refractivity contribution >= 4 is 11.6 Å². The van der Waals surface area contributed by atoms with Crippen LogP contribution in [0.5, 0.6) is 0 Å². The molecule has 2 rings (SSSR count). The van der Waals surface area contributed by atoms with Gasteiger partial charge in [0.25, 0.3) is 5.56 Å². The quantitative estimate of drug-likeness (QED) is 0.877. The van der Waals surface area contributed by atoms with Crippen LogP contribution in [0, 0.1) is 11.6 Å². The average Bonchev–Trinajstić information content (AvgIpc) is 2.42. The number of carbonyl (C=O) groups excluding carboxylic acids is 1. The number of H-pyrrole nitrogens is 1. The third-order valence-corrected chi connectivity index (χ3v) is 2.68. The first-order valence-electron chi connectivity index (χ1n) is 6.00. The number of hydrogen-bond donors (Lipinski definition) is 2. The molecule has 1 heterocycles. The SMILES string of the molecule is O=C(CCn1ccc(=O)[nH]c1=O)Nc1cc(F)ccc1F. The Kier molecular flexibility index (Phi) is 4.27. The van der Waals surface area contributed by atoms with E-state index in [1.807, 2.05) is 4.98 Å². The first-order chi connectivity index (χ1) is 9.95. The van der Waals surface area contributed by atoms with E-state index in [0.29, 0.717) is 0 Å². The minimum Gasteiger partial charge on any atom is -0.323 e. The Balaban J connectivity index is 2.00. The highest BCUT2D eigenvalue weighted by molar-refractivity contribution is 5.90. The van der Waals surface area contributed by atoms with E-state index in [1.165, 1.54) is 6.20 Å². The summed E-state index contributed by atoms with van der Waals surface area (Å²) in [5.74, 6) is -2.02. The Hall–Kier alpha value is -2.77. The number of aromatic nitrogens is 2. The van der Waals surface area contributed by atoms with E-state index < -0.39 is 28.8 Å². The lowest BCUT2D eigenvalue weighted by atomic mass is 10.3. The van der Waals surface area contributed by atoms with E-state index in [0.717, 1.165) is 28.8 Å². The molecule has 0 spiro atoms. The van der Waals surface area contributed by atoms with Gasteiger partial charge >= 0.3 is 5.69 Å². The van der Waals surface area contributed by atoms with Gasteiger partial charge in [0, 0.05) is 31.3 Å². The van der Waals surface area contributed by atoms with Gasteiger partial charge in [0.15, 0.2) is 0 Å². The summed E-state index contributed by atoms with van der Waals surface area (Å²) in [6.07, 6.45) is 1.11. The average molecular weight is 295 g/mol. The monoisotopic (exact) mass is 295 g/mol. The second-order valence-electron chi connectivity index (χ2n) is 4.23. The molecule has 0 atom stereocenters. The normalized spacial score (nSPS) is 10.4. The first kappa shape index (κ1) is 14.6. The van der Waals surface area contributed by atoms with Crippen LogP contribution in [0.3, 0.4) is 0 Å². The van der Waals surface area contributed by atoms with Gasteiger partial charge in [-0.1, -0.05) is 0 Å². The van der Waals surface area contributed by atoms with Crippen molar-refractivity contribution in [2.45, 2.75) is 13.0 Å². The number of halogens is 2. The molecule has 2 aromatic rings. The van der Waals surface area contributed by atoms with Crippen molar-refractivity contribution in [2.24, 2.45) is 0 Å². The second kappa shape index (κ2) is 6.12. The fourth-order valence-corrected chi connectivity index (χ4v) is 1.65. The summed E-state index contributed by atoms with van der Waals surface area (Å²) >= 11 is 0. The molecule has 0 fully saturated rings. The van der Waals surface area contributed by atoms with Gasteiger partial charge in [0.1, 0.15) is 11.6 Å². The number of aromatic amines is 1. The molecule has 1 aromatic carbocycles. The fraction of sp³-hybridized carbons (Fsp3) is 0.154. The zero-order valence-electron chi connectivity index (χ0n) is 10.7. The maximum absolute atomic E-state index is 13.3. The predicted octanol–water partition coefficient (Wildman–Crippen LogP) is 0.844. The van der Waals surface area contributed by atoms with Crippen molar-refractivity contribution in [2.75, 3.05) is 5.32 Å².